The summed E-state index contributed by atoms with van der Waals surface area (Å²) in [6, 6.07) is 13.6. The third kappa shape index (κ3) is 2.60. The molecule has 5 rings (SSSR count). The maximum atomic E-state index is 12.9. The number of nitrogens with zero attached hydrogens (tertiary/aromatic N) is 1. The Bertz CT molecular complexity index is 1370. The van der Waals surface area contributed by atoms with Gasteiger partial charge in [0.25, 0.3) is 11.8 Å². The molecule has 142 valence electrons. The molecule has 2 amide bonds. The zero-order chi connectivity index (χ0) is 20.1. The first-order valence-electron chi connectivity index (χ1n) is 9.15. The maximum absolute atomic E-state index is 12.9. The summed E-state index contributed by atoms with van der Waals surface area (Å²) >= 11 is 3.61. The minimum absolute atomic E-state index is 0.380. The van der Waals surface area contributed by atoms with E-state index in [0.717, 1.165) is 37.4 Å². The van der Waals surface area contributed by atoms with Gasteiger partial charge in [0.15, 0.2) is 0 Å². The number of amides is 2. The number of aromatic amines is 1. The van der Waals surface area contributed by atoms with E-state index in [0.29, 0.717) is 17.7 Å². The SMILES string of the molecule is C=CCn1cc(C2=C(c3c[nH]c4ccccc34)C(=O)NC2=O)c2cccc(Br)c21. The minimum atomic E-state index is -0.382. The Hall–Kier alpha value is -3.38. The molecule has 0 radical (unpaired) electrons. The van der Waals surface area contributed by atoms with Gasteiger partial charge in [0.05, 0.1) is 16.7 Å². The van der Waals surface area contributed by atoms with Crippen LogP contribution in [-0.4, -0.2) is 21.4 Å². The highest BCUT2D eigenvalue weighted by Gasteiger charge is 2.35. The van der Waals surface area contributed by atoms with Gasteiger partial charge in [0, 0.05) is 50.8 Å². The summed E-state index contributed by atoms with van der Waals surface area (Å²) in [6.45, 7) is 4.42. The van der Waals surface area contributed by atoms with E-state index in [-0.39, 0.29) is 11.8 Å². The van der Waals surface area contributed by atoms with Crippen molar-refractivity contribution in [2.75, 3.05) is 0 Å². The molecule has 0 saturated carbocycles. The molecule has 2 aromatic carbocycles. The largest absolute Gasteiger partial charge is 0.361 e. The number of nitrogens with one attached hydrogen (secondary N) is 2. The molecule has 0 saturated heterocycles. The number of hydrogen-bond donors (Lipinski definition) is 2. The minimum Gasteiger partial charge on any atom is -0.361 e. The first-order chi connectivity index (χ1) is 14.1. The predicted octanol–water partition coefficient (Wildman–Crippen LogP) is 4.64. The van der Waals surface area contributed by atoms with Gasteiger partial charge in [-0.3, -0.25) is 14.9 Å². The molecule has 3 heterocycles. The van der Waals surface area contributed by atoms with Gasteiger partial charge in [-0.1, -0.05) is 36.4 Å². The number of para-hydroxylation sites is 2. The lowest BCUT2D eigenvalue weighted by Gasteiger charge is -2.03. The zero-order valence-corrected chi connectivity index (χ0v) is 16.9. The van der Waals surface area contributed by atoms with Crippen LogP contribution in [0.4, 0.5) is 0 Å². The highest BCUT2D eigenvalue weighted by atomic mass is 79.9. The van der Waals surface area contributed by atoms with Crippen LogP contribution in [0.3, 0.4) is 0 Å². The fourth-order valence-electron chi connectivity index (χ4n) is 4.04. The summed E-state index contributed by atoms with van der Waals surface area (Å²) in [5.74, 6) is -0.762. The molecule has 2 N–H and O–H groups in total. The van der Waals surface area contributed by atoms with Crippen molar-refractivity contribution in [1.82, 2.24) is 14.9 Å². The summed E-state index contributed by atoms with van der Waals surface area (Å²) in [6.07, 6.45) is 5.51. The average Bonchev–Trinajstić information content (AvgIpc) is 3.36. The quantitative estimate of drug-likeness (QED) is 0.355. The van der Waals surface area contributed by atoms with Crippen LogP contribution in [-0.2, 0) is 16.1 Å². The molecule has 0 bridgehead atoms. The number of halogens is 1. The second kappa shape index (κ2) is 6.60. The molecule has 0 atom stereocenters. The van der Waals surface area contributed by atoms with Crippen molar-refractivity contribution in [3.05, 3.63) is 83.1 Å². The Morgan fingerprint density at radius 2 is 1.69 bits per heavy atom. The molecule has 5 nitrogen and oxygen atoms in total. The number of carbonyl (C=O) groups is 2. The number of rotatable bonds is 4. The first-order valence-corrected chi connectivity index (χ1v) is 9.94. The number of fused-ring (bicyclic) bond motifs is 2. The Morgan fingerprint density at radius 1 is 0.966 bits per heavy atom. The summed E-state index contributed by atoms with van der Waals surface area (Å²) in [4.78, 5) is 28.9. The fourth-order valence-corrected chi connectivity index (χ4v) is 4.64. The van der Waals surface area contributed by atoms with Crippen LogP contribution < -0.4 is 5.32 Å². The van der Waals surface area contributed by atoms with Gasteiger partial charge in [-0.15, -0.1) is 6.58 Å². The van der Waals surface area contributed by atoms with E-state index in [1.807, 2.05) is 53.2 Å². The van der Waals surface area contributed by atoms with Crippen molar-refractivity contribution in [3.8, 4) is 0 Å². The van der Waals surface area contributed by atoms with E-state index in [9.17, 15) is 9.59 Å². The second-order valence-corrected chi connectivity index (χ2v) is 7.76. The lowest BCUT2D eigenvalue weighted by molar-refractivity contribution is -0.122. The number of allylic oxidation sites excluding steroid dienone is 1. The molecule has 0 spiro atoms. The summed E-state index contributed by atoms with van der Waals surface area (Å²) in [5.41, 5.74) is 4.11. The smallest absolute Gasteiger partial charge is 0.259 e. The Kier molecular flexibility index (Phi) is 4.03. The summed E-state index contributed by atoms with van der Waals surface area (Å²) in [5, 5.41) is 4.29. The van der Waals surface area contributed by atoms with E-state index in [4.69, 9.17) is 0 Å². The fraction of sp³-hybridized carbons (Fsp3) is 0.0435. The van der Waals surface area contributed by atoms with Gasteiger partial charge >= 0.3 is 0 Å². The molecule has 2 aromatic heterocycles. The van der Waals surface area contributed by atoms with Crippen LogP contribution in [0.1, 0.15) is 11.1 Å². The Balaban J connectivity index is 1.86. The number of hydrogen-bond acceptors (Lipinski definition) is 2. The highest BCUT2D eigenvalue weighted by molar-refractivity contribution is 9.10. The Morgan fingerprint density at radius 3 is 2.48 bits per heavy atom. The van der Waals surface area contributed by atoms with Crippen LogP contribution in [0.5, 0.6) is 0 Å². The second-order valence-electron chi connectivity index (χ2n) is 6.90. The third-order valence-electron chi connectivity index (χ3n) is 5.23. The molecule has 6 heteroatoms. The van der Waals surface area contributed by atoms with E-state index in [1.165, 1.54) is 0 Å². The van der Waals surface area contributed by atoms with Crippen molar-refractivity contribution in [2.45, 2.75) is 6.54 Å². The topological polar surface area (TPSA) is 66.9 Å². The molecule has 0 unspecified atom stereocenters. The number of carbonyl (C=O) groups excluding carboxylic acids is 2. The van der Waals surface area contributed by atoms with Gasteiger partial charge in [0.2, 0.25) is 0 Å². The van der Waals surface area contributed by atoms with Gasteiger partial charge < -0.3 is 9.55 Å². The van der Waals surface area contributed by atoms with Crippen LogP contribution in [0, 0.1) is 0 Å². The Labute approximate surface area is 174 Å². The third-order valence-corrected chi connectivity index (χ3v) is 5.87. The number of benzene rings is 2. The van der Waals surface area contributed by atoms with Gasteiger partial charge in [-0.2, -0.15) is 0 Å². The van der Waals surface area contributed by atoms with Crippen LogP contribution in [0.25, 0.3) is 33.0 Å². The van der Waals surface area contributed by atoms with Crippen molar-refractivity contribution >= 4 is 60.7 Å². The van der Waals surface area contributed by atoms with E-state index >= 15 is 0 Å². The van der Waals surface area contributed by atoms with E-state index < -0.39 is 0 Å². The lowest BCUT2D eigenvalue weighted by Crippen LogP contribution is -2.22. The molecule has 1 aliphatic rings. The molecular weight excluding hydrogens is 430 g/mol. The standard InChI is InChI=1S/C23H16BrN3O2/c1-2-10-27-12-16(14-7-5-8-17(24)21(14)27)20-19(22(28)26-23(20)29)15-11-25-18-9-4-3-6-13(15)18/h2-9,11-12,25H,1,10H2,(H,26,28,29). The van der Waals surface area contributed by atoms with Crippen molar-refractivity contribution < 1.29 is 9.59 Å². The normalized spacial score (nSPS) is 14.2. The van der Waals surface area contributed by atoms with Crippen LogP contribution in [0.2, 0.25) is 0 Å². The van der Waals surface area contributed by atoms with Gasteiger partial charge in [-0.05, 0) is 28.1 Å². The zero-order valence-electron chi connectivity index (χ0n) is 15.3. The summed E-state index contributed by atoms with van der Waals surface area (Å²) in [7, 11) is 0. The predicted molar refractivity (Wildman–Crippen MR) is 118 cm³/mol. The van der Waals surface area contributed by atoms with Crippen molar-refractivity contribution in [2.24, 2.45) is 0 Å². The number of H-pyrrole nitrogens is 1. The molecule has 4 aromatic rings. The van der Waals surface area contributed by atoms with Crippen molar-refractivity contribution in [1.29, 1.82) is 0 Å². The molecule has 29 heavy (non-hydrogen) atoms. The van der Waals surface area contributed by atoms with Gasteiger partial charge in [-0.25, -0.2) is 0 Å². The lowest BCUT2D eigenvalue weighted by atomic mass is 9.95. The molecule has 0 fully saturated rings. The highest BCUT2D eigenvalue weighted by Crippen LogP contribution is 2.39. The maximum Gasteiger partial charge on any atom is 0.259 e. The van der Waals surface area contributed by atoms with E-state index in [1.54, 1.807) is 12.3 Å². The van der Waals surface area contributed by atoms with E-state index in [2.05, 4.69) is 32.8 Å². The summed E-state index contributed by atoms with van der Waals surface area (Å²) < 4.78 is 2.94. The van der Waals surface area contributed by atoms with Crippen molar-refractivity contribution in [3.63, 3.8) is 0 Å². The monoisotopic (exact) mass is 445 g/mol. The number of imide groups is 1. The average molecular weight is 446 g/mol. The van der Waals surface area contributed by atoms with Crippen LogP contribution in [0.15, 0.2) is 72.0 Å². The first kappa shape index (κ1) is 17.7. The van der Waals surface area contributed by atoms with Gasteiger partial charge in [0.1, 0.15) is 0 Å². The molecule has 0 aliphatic carbocycles. The van der Waals surface area contributed by atoms with Crippen LogP contribution >= 0.6 is 15.9 Å². The molecule has 1 aliphatic heterocycles. The number of aromatic nitrogens is 2. The molecular formula is C23H16BrN3O2.